The van der Waals surface area contributed by atoms with E-state index >= 15 is 0 Å². The molecule has 0 fully saturated rings. The number of carbonyl (C=O) groups is 1. The van der Waals surface area contributed by atoms with Gasteiger partial charge in [0.2, 0.25) is 0 Å². The van der Waals surface area contributed by atoms with Crippen LogP contribution in [0.4, 0.5) is 0 Å². The number of nitrogens with zero attached hydrogens (tertiary/aromatic N) is 3. The first-order valence-electron chi connectivity index (χ1n) is 5.50. The molecule has 0 aliphatic rings. The average Bonchev–Trinajstić information content (AvgIpc) is 2.81. The number of fused-ring (bicyclic) bond motifs is 1. The molecule has 0 amide bonds. The Balaban J connectivity index is 2.22. The molecule has 6 heteroatoms. The fourth-order valence-corrected chi connectivity index (χ4v) is 2.16. The number of carboxylic acids is 1. The van der Waals surface area contributed by atoms with E-state index in [9.17, 15) is 9.90 Å². The Morgan fingerprint density at radius 1 is 1.26 bits per heavy atom. The largest absolute Gasteiger partial charge is 0.478 e. The van der Waals surface area contributed by atoms with E-state index in [4.69, 9.17) is 0 Å². The molecular formula is C13H8BrN3O2. The molecule has 0 unspecified atom stereocenters. The quantitative estimate of drug-likeness (QED) is 0.789. The van der Waals surface area contributed by atoms with Gasteiger partial charge in [0.15, 0.2) is 11.5 Å². The molecule has 94 valence electrons. The van der Waals surface area contributed by atoms with E-state index in [0.717, 1.165) is 4.47 Å². The number of pyridine rings is 1. The van der Waals surface area contributed by atoms with E-state index < -0.39 is 5.97 Å². The minimum atomic E-state index is -0.990. The van der Waals surface area contributed by atoms with Crippen molar-refractivity contribution in [3.63, 3.8) is 0 Å². The summed E-state index contributed by atoms with van der Waals surface area (Å²) in [6.07, 6.45) is 1.76. The van der Waals surface area contributed by atoms with Crippen molar-refractivity contribution in [3.05, 3.63) is 52.6 Å². The zero-order valence-corrected chi connectivity index (χ0v) is 11.2. The summed E-state index contributed by atoms with van der Waals surface area (Å²) in [6, 6.07) is 10.4. The second-order valence-electron chi connectivity index (χ2n) is 3.93. The van der Waals surface area contributed by atoms with E-state index in [0.29, 0.717) is 17.0 Å². The Morgan fingerprint density at radius 3 is 2.84 bits per heavy atom. The number of halogens is 1. The molecule has 0 aliphatic heterocycles. The molecule has 0 spiro atoms. The van der Waals surface area contributed by atoms with Gasteiger partial charge in [-0.2, -0.15) is 0 Å². The summed E-state index contributed by atoms with van der Waals surface area (Å²) in [5.41, 5.74) is 1.36. The van der Waals surface area contributed by atoms with Gasteiger partial charge in [-0.3, -0.25) is 0 Å². The van der Waals surface area contributed by atoms with Gasteiger partial charge in [0.05, 0.1) is 5.56 Å². The first-order valence-corrected chi connectivity index (χ1v) is 6.29. The summed E-state index contributed by atoms with van der Waals surface area (Å²) in [5.74, 6) is -0.591. The number of aromatic nitrogens is 3. The van der Waals surface area contributed by atoms with Gasteiger partial charge >= 0.3 is 5.97 Å². The minimum Gasteiger partial charge on any atom is -0.478 e. The van der Waals surface area contributed by atoms with Crippen molar-refractivity contribution in [3.8, 4) is 11.4 Å². The molecule has 0 atom stereocenters. The second-order valence-corrected chi connectivity index (χ2v) is 4.85. The van der Waals surface area contributed by atoms with Gasteiger partial charge in [0.25, 0.3) is 0 Å². The first kappa shape index (κ1) is 11.9. The molecule has 3 aromatic rings. The summed E-state index contributed by atoms with van der Waals surface area (Å²) in [7, 11) is 0. The van der Waals surface area contributed by atoms with Crippen LogP contribution in [0.5, 0.6) is 0 Å². The third kappa shape index (κ3) is 2.10. The standard InChI is InChI=1S/C13H8BrN3O2/c14-8-5-6-17-11(7-8)15-12(16-17)9-3-1-2-4-10(9)13(18)19/h1-7H,(H,18,19). The lowest BCUT2D eigenvalue weighted by atomic mass is 10.1. The number of hydrogen-bond donors (Lipinski definition) is 1. The Bertz CT molecular complexity index is 782. The summed E-state index contributed by atoms with van der Waals surface area (Å²) < 4.78 is 2.50. The Kier molecular flexibility index (Phi) is 2.79. The van der Waals surface area contributed by atoms with Crippen molar-refractivity contribution in [2.75, 3.05) is 0 Å². The maximum atomic E-state index is 11.2. The van der Waals surface area contributed by atoms with Gasteiger partial charge in [-0.1, -0.05) is 34.1 Å². The number of benzene rings is 1. The van der Waals surface area contributed by atoms with Crippen molar-refractivity contribution in [2.24, 2.45) is 0 Å². The maximum absolute atomic E-state index is 11.2. The zero-order chi connectivity index (χ0) is 13.4. The first-order chi connectivity index (χ1) is 9.15. The lowest BCUT2D eigenvalue weighted by Crippen LogP contribution is -1.99. The molecule has 2 heterocycles. The highest BCUT2D eigenvalue weighted by molar-refractivity contribution is 9.10. The van der Waals surface area contributed by atoms with Crippen LogP contribution in [0.25, 0.3) is 17.0 Å². The predicted octanol–water partition coefficient (Wildman–Crippen LogP) is 2.86. The zero-order valence-electron chi connectivity index (χ0n) is 9.62. The van der Waals surface area contributed by atoms with Crippen LogP contribution in [0.15, 0.2) is 47.1 Å². The molecule has 3 rings (SSSR count). The smallest absolute Gasteiger partial charge is 0.336 e. The topological polar surface area (TPSA) is 67.5 Å². The Morgan fingerprint density at radius 2 is 2.05 bits per heavy atom. The molecule has 5 nitrogen and oxygen atoms in total. The third-order valence-corrected chi connectivity index (χ3v) is 3.19. The van der Waals surface area contributed by atoms with E-state index in [2.05, 4.69) is 26.0 Å². The van der Waals surface area contributed by atoms with Crippen LogP contribution < -0.4 is 0 Å². The average molecular weight is 318 g/mol. The highest BCUT2D eigenvalue weighted by Gasteiger charge is 2.14. The van der Waals surface area contributed by atoms with E-state index in [1.54, 1.807) is 35.0 Å². The SMILES string of the molecule is O=C(O)c1ccccc1-c1nc2cc(Br)ccn2n1. The summed E-state index contributed by atoms with van der Waals surface area (Å²) in [4.78, 5) is 15.5. The maximum Gasteiger partial charge on any atom is 0.336 e. The highest BCUT2D eigenvalue weighted by Crippen LogP contribution is 2.22. The van der Waals surface area contributed by atoms with Crippen LogP contribution in [-0.4, -0.2) is 25.7 Å². The van der Waals surface area contributed by atoms with Gasteiger partial charge in [0.1, 0.15) is 0 Å². The van der Waals surface area contributed by atoms with Crippen LogP contribution in [0.2, 0.25) is 0 Å². The molecule has 0 saturated carbocycles. The molecule has 1 N–H and O–H groups in total. The molecular weight excluding hydrogens is 310 g/mol. The third-order valence-electron chi connectivity index (χ3n) is 2.70. The van der Waals surface area contributed by atoms with Crippen molar-refractivity contribution < 1.29 is 9.90 Å². The van der Waals surface area contributed by atoms with Crippen molar-refractivity contribution >= 4 is 27.5 Å². The molecule has 2 aromatic heterocycles. The van der Waals surface area contributed by atoms with E-state index in [1.807, 2.05) is 12.1 Å². The Hall–Kier alpha value is -2.21. The molecule has 19 heavy (non-hydrogen) atoms. The molecule has 0 bridgehead atoms. The summed E-state index contributed by atoms with van der Waals surface area (Å²) in [5, 5.41) is 13.5. The van der Waals surface area contributed by atoms with Crippen LogP contribution in [0.3, 0.4) is 0 Å². The number of hydrogen-bond acceptors (Lipinski definition) is 3. The van der Waals surface area contributed by atoms with E-state index in [-0.39, 0.29) is 5.56 Å². The second kappa shape index (κ2) is 4.47. The van der Waals surface area contributed by atoms with Gasteiger partial charge < -0.3 is 5.11 Å². The number of rotatable bonds is 2. The van der Waals surface area contributed by atoms with Gasteiger partial charge in [-0.25, -0.2) is 14.3 Å². The summed E-state index contributed by atoms with van der Waals surface area (Å²) >= 11 is 3.36. The van der Waals surface area contributed by atoms with Crippen molar-refractivity contribution in [2.45, 2.75) is 0 Å². The normalized spacial score (nSPS) is 10.8. The lowest BCUT2D eigenvalue weighted by Gasteiger charge is -2.00. The van der Waals surface area contributed by atoms with Crippen LogP contribution in [-0.2, 0) is 0 Å². The lowest BCUT2D eigenvalue weighted by molar-refractivity contribution is 0.0697. The van der Waals surface area contributed by atoms with E-state index in [1.165, 1.54) is 0 Å². The van der Waals surface area contributed by atoms with Crippen LogP contribution in [0, 0.1) is 0 Å². The minimum absolute atomic E-state index is 0.192. The highest BCUT2D eigenvalue weighted by atomic mass is 79.9. The monoisotopic (exact) mass is 317 g/mol. The number of carboxylic acid groups (broad SMARTS) is 1. The molecule has 0 radical (unpaired) electrons. The fourth-order valence-electron chi connectivity index (χ4n) is 1.84. The Labute approximate surface area is 116 Å². The molecule has 1 aromatic carbocycles. The van der Waals surface area contributed by atoms with Crippen LogP contribution >= 0.6 is 15.9 Å². The van der Waals surface area contributed by atoms with Gasteiger partial charge in [-0.05, 0) is 18.2 Å². The van der Waals surface area contributed by atoms with Crippen LogP contribution in [0.1, 0.15) is 10.4 Å². The molecule has 0 aliphatic carbocycles. The van der Waals surface area contributed by atoms with Gasteiger partial charge in [0, 0.05) is 16.2 Å². The van der Waals surface area contributed by atoms with Crippen molar-refractivity contribution in [1.29, 1.82) is 0 Å². The number of aromatic carboxylic acids is 1. The van der Waals surface area contributed by atoms with Crippen molar-refractivity contribution in [1.82, 2.24) is 14.6 Å². The molecule has 0 saturated heterocycles. The summed E-state index contributed by atoms with van der Waals surface area (Å²) in [6.45, 7) is 0. The van der Waals surface area contributed by atoms with Gasteiger partial charge in [-0.15, -0.1) is 5.10 Å². The predicted molar refractivity (Wildman–Crippen MR) is 73.1 cm³/mol. The fraction of sp³-hybridized carbons (Fsp3) is 0.